The molecule has 0 bridgehead atoms. The van der Waals surface area contributed by atoms with Crippen molar-refractivity contribution in [2.75, 3.05) is 13.2 Å². The van der Waals surface area contributed by atoms with E-state index in [1.807, 2.05) is 18.2 Å². The summed E-state index contributed by atoms with van der Waals surface area (Å²) < 4.78 is 11.6. The first-order valence-corrected chi connectivity index (χ1v) is 8.46. The molecule has 2 fully saturated rings. The molecule has 2 aliphatic rings. The maximum absolute atomic E-state index is 6.31. The molecule has 0 amide bonds. The number of hydrogen-bond donors (Lipinski definition) is 1. The molecule has 0 radical (unpaired) electrons. The van der Waals surface area contributed by atoms with E-state index in [9.17, 15) is 0 Å². The monoisotopic (exact) mass is 309 g/mol. The van der Waals surface area contributed by atoms with Gasteiger partial charge in [0.25, 0.3) is 0 Å². The largest absolute Gasteiger partial charge is 0.493 e. The molecule has 0 spiro atoms. The molecule has 116 valence electrons. The van der Waals surface area contributed by atoms with Crippen molar-refractivity contribution in [3.05, 3.63) is 28.8 Å². The molecule has 1 saturated heterocycles. The molecule has 21 heavy (non-hydrogen) atoms. The second-order valence-corrected chi connectivity index (χ2v) is 6.40. The van der Waals surface area contributed by atoms with Crippen LogP contribution in [0.4, 0.5) is 0 Å². The molecule has 1 atom stereocenters. The van der Waals surface area contributed by atoms with Gasteiger partial charge in [0.1, 0.15) is 5.75 Å². The highest BCUT2D eigenvalue weighted by molar-refractivity contribution is 6.31. The number of benzene rings is 1. The molecule has 3 nitrogen and oxygen atoms in total. The van der Waals surface area contributed by atoms with Crippen molar-refractivity contribution in [3.8, 4) is 5.75 Å². The molecule has 1 aromatic carbocycles. The van der Waals surface area contributed by atoms with Crippen LogP contribution in [0.1, 0.15) is 44.1 Å². The first-order chi connectivity index (χ1) is 10.3. The zero-order chi connectivity index (χ0) is 14.5. The summed E-state index contributed by atoms with van der Waals surface area (Å²) in [5, 5.41) is 4.30. The fourth-order valence-electron chi connectivity index (χ4n) is 2.74. The van der Waals surface area contributed by atoms with E-state index in [1.165, 1.54) is 25.7 Å². The van der Waals surface area contributed by atoms with Crippen molar-refractivity contribution in [1.82, 2.24) is 5.32 Å². The Hall–Kier alpha value is -0.770. The Morgan fingerprint density at radius 2 is 2.19 bits per heavy atom. The molecule has 1 N–H and O–H groups in total. The van der Waals surface area contributed by atoms with Gasteiger partial charge in [-0.25, -0.2) is 0 Å². The second kappa shape index (κ2) is 7.48. The Bertz CT molecular complexity index is 456. The minimum atomic E-state index is 0.448. The first kappa shape index (κ1) is 15.1. The predicted molar refractivity (Wildman–Crippen MR) is 85.0 cm³/mol. The topological polar surface area (TPSA) is 30.5 Å². The number of nitrogens with one attached hydrogen (secondary N) is 1. The van der Waals surface area contributed by atoms with Crippen molar-refractivity contribution in [1.29, 1.82) is 0 Å². The summed E-state index contributed by atoms with van der Waals surface area (Å²) in [4.78, 5) is 0. The number of hydrogen-bond acceptors (Lipinski definition) is 3. The molecule has 1 saturated carbocycles. The first-order valence-electron chi connectivity index (χ1n) is 8.08. The van der Waals surface area contributed by atoms with E-state index in [-0.39, 0.29) is 0 Å². The highest BCUT2D eigenvalue weighted by Gasteiger charge is 2.21. The fraction of sp³-hybridized carbons (Fsp3) is 0.647. The van der Waals surface area contributed by atoms with Crippen molar-refractivity contribution < 1.29 is 9.47 Å². The lowest BCUT2D eigenvalue weighted by Gasteiger charge is -2.14. The van der Waals surface area contributed by atoms with E-state index in [0.29, 0.717) is 12.1 Å². The van der Waals surface area contributed by atoms with Crippen LogP contribution in [0.5, 0.6) is 5.75 Å². The number of rotatable bonds is 8. The van der Waals surface area contributed by atoms with Crippen molar-refractivity contribution in [3.63, 3.8) is 0 Å². The highest BCUT2D eigenvalue weighted by atomic mass is 35.5. The molecule has 1 heterocycles. The predicted octanol–water partition coefficient (Wildman–Crippen LogP) is 3.93. The van der Waals surface area contributed by atoms with Crippen LogP contribution in [0.2, 0.25) is 5.02 Å². The fourth-order valence-corrected chi connectivity index (χ4v) is 2.98. The molecule has 1 unspecified atom stereocenters. The van der Waals surface area contributed by atoms with Gasteiger partial charge in [-0.05, 0) is 50.7 Å². The molecular formula is C17H24ClNO2. The third kappa shape index (κ3) is 4.60. The number of ether oxygens (including phenoxy) is 2. The molecular weight excluding hydrogens is 286 g/mol. The third-order valence-corrected chi connectivity index (χ3v) is 4.53. The van der Waals surface area contributed by atoms with Crippen LogP contribution in [0.3, 0.4) is 0 Å². The maximum atomic E-state index is 6.31. The Morgan fingerprint density at radius 3 is 2.95 bits per heavy atom. The van der Waals surface area contributed by atoms with Gasteiger partial charge in [0.15, 0.2) is 0 Å². The van der Waals surface area contributed by atoms with Crippen molar-refractivity contribution >= 4 is 11.6 Å². The zero-order valence-electron chi connectivity index (χ0n) is 12.4. The third-order valence-electron chi connectivity index (χ3n) is 4.17. The van der Waals surface area contributed by atoms with E-state index in [1.54, 1.807) is 0 Å². The van der Waals surface area contributed by atoms with Crippen LogP contribution >= 0.6 is 11.6 Å². The molecule has 1 aromatic rings. The van der Waals surface area contributed by atoms with E-state index in [0.717, 1.165) is 48.9 Å². The Balaban J connectivity index is 1.47. The van der Waals surface area contributed by atoms with Crippen LogP contribution in [-0.4, -0.2) is 25.4 Å². The average molecular weight is 310 g/mol. The summed E-state index contributed by atoms with van der Waals surface area (Å²) in [7, 11) is 0. The zero-order valence-corrected chi connectivity index (χ0v) is 13.2. The SMILES string of the molecule is Clc1cccc(OCCCC2CCCO2)c1CNC1CC1. The van der Waals surface area contributed by atoms with Gasteiger partial charge in [0.05, 0.1) is 12.7 Å². The van der Waals surface area contributed by atoms with Gasteiger partial charge in [0.2, 0.25) is 0 Å². The van der Waals surface area contributed by atoms with Gasteiger partial charge in [-0.3, -0.25) is 0 Å². The normalized spacial score (nSPS) is 21.7. The van der Waals surface area contributed by atoms with Crippen molar-refractivity contribution in [2.24, 2.45) is 0 Å². The lowest BCUT2D eigenvalue weighted by Crippen LogP contribution is -2.16. The summed E-state index contributed by atoms with van der Waals surface area (Å²) >= 11 is 6.31. The maximum Gasteiger partial charge on any atom is 0.125 e. The summed E-state index contributed by atoms with van der Waals surface area (Å²) in [6.07, 6.45) is 7.54. The lowest BCUT2D eigenvalue weighted by molar-refractivity contribution is 0.0981. The Kier molecular flexibility index (Phi) is 5.39. The molecule has 0 aromatic heterocycles. The smallest absolute Gasteiger partial charge is 0.125 e. The van der Waals surface area contributed by atoms with Crippen LogP contribution < -0.4 is 10.1 Å². The van der Waals surface area contributed by atoms with Gasteiger partial charge in [-0.15, -0.1) is 0 Å². The van der Waals surface area contributed by atoms with E-state index >= 15 is 0 Å². The summed E-state index contributed by atoms with van der Waals surface area (Å²) in [6.45, 7) is 2.46. The standard InChI is InChI=1S/C17H24ClNO2/c18-16-6-1-7-17(15(16)12-19-13-8-9-13)21-11-3-5-14-4-2-10-20-14/h1,6-7,13-14,19H,2-5,8-12H2. The Labute approximate surface area is 132 Å². The highest BCUT2D eigenvalue weighted by Crippen LogP contribution is 2.28. The molecule has 4 heteroatoms. The summed E-state index contributed by atoms with van der Waals surface area (Å²) in [5.74, 6) is 0.919. The minimum absolute atomic E-state index is 0.448. The van der Waals surface area contributed by atoms with Gasteiger partial charge in [-0.2, -0.15) is 0 Å². The van der Waals surface area contributed by atoms with Crippen LogP contribution in [0, 0.1) is 0 Å². The van der Waals surface area contributed by atoms with Crippen LogP contribution in [0.25, 0.3) is 0 Å². The summed E-state index contributed by atoms with van der Waals surface area (Å²) in [6, 6.07) is 6.58. The van der Waals surface area contributed by atoms with Gasteiger partial charge < -0.3 is 14.8 Å². The van der Waals surface area contributed by atoms with E-state index in [2.05, 4.69) is 5.32 Å². The molecule has 3 rings (SSSR count). The quantitative estimate of drug-likeness (QED) is 0.738. The lowest BCUT2D eigenvalue weighted by atomic mass is 10.1. The summed E-state index contributed by atoms with van der Waals surface area (Å²) in [5.41, 5.74) is 1.09. The van der Waals surface area contributed by atoms with E-state index < -0.39 is 0 Å². The second-order valence-electron chi connectivity index (χ2n) is 6.00. The molecule has 1 aliphatic carbocycles. The minimum Gasteiger partial charge on any atom is -0.493 e. The number of halogens is 1. The Morgan fingerprint density at radius 1 is 1.29 bits per heavy atom. The van der Waals surface area contributed by atoms with Gasteiger partial charge in [-0.1, -0.05) is 17.7 Å². The van der Waals surface area contributed by atoms with Gasteiger partial charge >= 0.3 is 0 Å². The van der Waals surface area contributed by atoms with Crippen LogP contribution in [0.15, 0.2) is 18.2 Å². The molecule has 1 aliphatic heterocycles. The average Bonchev–Trinajstić information content (AvgIpc) is 3.17. The van der Waals surface area contributed by atoms with Gasteiger partial charge in [0, 0.05) is 29.8 Å². The van der Waals surface area contributed by atoms with E-state index in [4.69, 9.17) is 21.1 Å². The van der Waals surface area contributed by atoms with Crippen molar-refractivity contribution in [2.45, 2.75) is 57.2 Å². The van der Waals surface area contributed by atoms with Crippen LogP contribution in [-0.2, 0) is 11.3 Å².